The summed E-state index contributed by atoms with van der Waals surface area (Å²) in [6, 6.07) is 5.16. The summed E-state index contributed by atoms with van der Waals surface area (Å²) in [5, 5.41) is -0.296. The summed E-state index contributed by atoms with van der Waals surface area (Å²) >= 11 is 0. The molecule has 7 heteroatoms. The molecule has 1 N–H and O–H groups in total. The average molecular weight is 381 g/mol. The van der Waals surface area contributed by atoms with Crippen LogP contribution in [0.4, 0.5) is 11.4 Å². The van der Waals surface area contributed by atoms with Crippen molar-refractivity contribution in [2.24, 2.45) is 11.3 Å². The molecule has 1 heterocycles. The highest BCUT2D eigenvalue weighted by molar-refractivity contribution is 7.93. The summed E-state index contributed by atoms with van der Waals surface area (Å²) in [5.74, 6) is 1.07. The zero-order valence-corrected chi connectivity index (χ0v) is 16.7. The zero-order chi connectivity index (χ0) is 19.1. The van der Waals surface area contributed by atoms with Crippen molar-refractivity contribution in [1.29, 1.82) is 0 Å². The first kappa shape index (κ1) is 19.0. The van der Waals surface area contributed by atoms with Crippen molar-refractivity contribution in [3.8, 4) is 5.75 Å². The van der Waals surface area contributed by atoms with Gasteiger partial charge in [0.1, 0.15) is 12.4 Å². The van der Waals surface area contributed by atoms with Crippen molar-refractivity contribution in [3.63, 3.8) is 0 Å². The van der Waals surface area contributed by atoms with Crippen molar-refractivity contribution < 1.29 is 17.9 Å². The number of amides is 1. The molecule has 1 aromatic rings. The number of sulfonamides is 1. The van der Waals surface area contributed by atoms with Gasteiger partial charge in [0.2, 0.25) is 15.9 Å². The summed E-state index contributed by atoms with van der Waals surface area (Å²) in [5.41, 5.74) is 0.475. The van der Waals surface area contributed by atoms with Gasteiger partial charge in [0, 0.05) is 6.54 Å². The Kier molecular flexibility index (Phi) is 4.94. The van der Waals surface area contributed by atoms with E-state index in [4.69, 9.17) is 4.74 Å². The van der Waals surface area contributed by atoms with Gasteiger partial charge in [0.05, 0.1) is 22.0 Å². The predicted octanol–water partition coefficient (Wildman–Crippen LogP) is 3.39. The number of nitrogens with one attached hydrogen (secondary N) is 1. The van der Waals surface area contributed by atoms with Gasteiger partial charge >= 0.3 is 0 Å². The van der Waals surface area contributed by atoms with Crippen LogP contribution in [0.1, 0.15) is 47.0 Å². The highest BCUT2D eigenvalue weighted by Gasteiger charge is 2.39. The summed E-state index contributed by atoms with van der Waals surface area (Å²) in [6.07, 6.45) is 2.27. The topological polar surface area (TPSA) is 75.7 Å². The number of carbonyl (C=O) groups is 1. The lowest BCUT2D eigenvalue weighted by molar-refractivity contribution is -0.127. The third-order valence-corrected chi connectivity index (χ3v) is 6.69. The summed E-state index contributed by atoms with van der Waals surface area (Å²) in [4.78, 5) is 14.8. The molecule has 0 saturated heterocycles. The number of anilines is 2. The molecule has 1 fully saturated rings. The van der Waals surface area contributed by atoms with E-state index in [0.29, 0.717) is 49.0 Å². The number of fused-ring (bicyclic) bond motifs is 1. The zero-order valence-electron chi connectivity index (χ0n) is 15.9. The Hall–Kier alpha value is -1.76. The molecule has 0 aromatic heterocycles. The molecule has 6 nitrogen and oxygen atoms in total. The maximum absolute atomic E-state index is 13.1. The largest absolute Gasteiger partial charge is 0.490 e. The standard InChI is InChI=1S/C19H28N2O4S/c1-13(2)9-10-21-16-11-14(20-26(23,24)15-6-7-15)5-8-17(16)25-12-19(3,4)18(21)22/h5,8,11,13,15,20H,6-7,9-10,12H2,1-4H3. The Labute approximate surface area is 156 Å². The third-order valence-electron chi connectivity index (χ3n) is 4.82. The SMILES string of the molecule is CC(C)CCN1C(=O)C(C)(C)COc2ccc(NS(=O)(=O)C3CC3)cc21. The Morgan fingerprint density at radius 1 is 1.31 bits per heavy atom. The monoisotopic (exact) mass is 380 g/mol. The van der Waals surface area contributed by atoms with Gasteiger partial charge in [-0.3, -0.25) is 9.52 Å². The molecule has 26 heavy (non-hydrogen) atoms. The van der Waals surface area contributed by atoms with Crippen LogP contribution in [0.3, 0.4) is 0 Å². The second-order valence-electron chi connectivity index (χ2n) is 8.34. The van der Waals surface area contributed by atoms with E-state index in [1.54, 1.807) is 23.1 Å². The number of hydrogen-bond acceptors (Lipinski definition) is 4. The molecule has 0 radical (unpaired) electrons. The minimum atomic E-state index is -3.35. The van der Waals surface area contributed by atoms with Crippen molar-refractivity contribution in [2.75, 3.05) is 22.8 Å². The van der Waals surface area contributed by atoms with Crippen LogP contribution in [0.2, 0.25) is 0 Å². The number of rotatable bonds is 6. The van der Waals surface area contributed by atoms with Crippen LogP contribution in [0, 0.1) is 11.3 Å². The van der Waals surface area contributed by atoms with E-state index in [1.165, 1.54) is 0 Å². The van der Waals surface area contributed by atoms with Crippen LogP contribution >= 0.6 is 0 Å². The number of ether oxygens (including phenoxy) is 1. The fourth-order valence-corrected chi connectivity index (χ4v) is 4.32. The molecule has 0 atom stereocenters. The molecule has 1 aromatic carbocycles. The van der Waals surface area contributed by atoms with Crippen LogP contribution < -0.4 is 14.4 Å². The Morgan fingerprint density at radius 3 is 2.62 bits per heavy atom. The summed E-state index contributed by atoms with van der Waals surface area (Å²) < 4.78 is 33.0. The van der Waals surface area contributed by atoms with E-state index in [9.17, 15) is 13.2 Å². The lowest BCUT2D eigenvalue weighted by Gasteiger charge is -2.28. The van der Waals surface area contributed by atoms with E-state index in [1.807, 2.05) is 13.8 Å². The van der Waals surface area contributed by atoms with Crippen LogP contribution in [-0.4, -0.2) is 32.7 Å². The van der Waals surface area contributed by atoms with E-state index in [0.717, 1.165) is 6.42 Å². The van der Waals surface area contributed by atoms with Crippen molar-refractivity contribution in [3.05, 3.63) is 18.2 Å². The number of benzene rings is 1. The van der Waals surface area contributed by atoms with Crippen LogP contribution in [0.5, 0.6) is 5.75 Å². The fourth-order valence-electron chi connectivity index (χ4n) is 2.94. The predicted molar refractivity (Wildman–Crippen MR) is 103 cm³/mol. The lowest BCUT2D eigenvalue weighted by Crippen LogP contribution is -2.42. The van der Waals surface area contributed by atoms with Gasteiger partial charge < -0.3 is 9.64 Å². The van der Waals surface area contributed by atoms with Gasteiger partial charge in [-0.05, 0) is 57.2 Å². The average Bonchev–Trinajstić information content (AvgIpc) is 3.38. The van der Waals surface area contributed by atoms with E-state index in [2.05, 4.69) is 18.6 Å². The number of carbonyl (C=O) groups excluding carboxylic acids is 1. The highest BCUT2D eigenvalue weighted by Crippen LogP contribution is 2.39. The van der Waals surface area contributed by atoms with Crippen molar-refractivity contribution in [1.82, 2.24) is 0 Å². The van der Waals surface area contributed by atoms with Gasteiger partial charge in [0.15, 0.2) is 0 Å². The molecule has 2 aliphatic rings. The molecule has 1 aliphatic heterocycles. The van der Waals surface area contributed by atoms with Gasteiger partial charge in [0.25, 0.3) is 0 Å². The minimum Gasteiger partial charge on any atom is -0.490 e. The number of hydrogen-bond donors (Lipinski definition) is 1. The summed E-state index contributed by atoms with van der Waals surface area (Å²) in [7, 11) is -3.35. The fraction of sp³-hybridized carbons (Fsp3) is 0.632. The van der Waals surface area contributed by atoms with Crippen LogP contribution in [-0.2, 0) is 14.8 Å². The lowest BCUT2D eigenvalue weighted by atomic mass is 9.92. The Morgan fingerprint density at radius 2 is 2.00 bits per heavy atom. The molecule has 1 amide bonds. The molecular formula is C19H28N2O4S. The first-order valence-electron chi connectivity index (χ1n) is 9.20. The quantitative estimate of drug-likeness (QED) is 0.821. The highest BCUT2D eigenvalue weighted by atomic mass is 32.2. The van der Waals surface area contributed by atoms with Gasteiger partial charge in [-0.15, -0.1) is 0 Å². The first-order chi connectivity index (χ1) is 12.1. The molecule has 0 spiro atoms. The Bertz CT molecular complexity index is 798. The Balaban J connectivity index is 1.95. The van der Waals surface area contributed by atoms with E-state index < -0.39 is 15.4 Å². The van der Waals surface area contributed by atoms with Gasteiger partial charge in [-0.2, -0.15) is 0 Å². The van der Waals surface area contributed by atoms with Gasteiger partial charge in [-0.1, -0.05) is 13.8 Å². The molecule has 0 bridgehead atoms. The molecule has 1 aliphatic carbocycles. The smallest absolute Gasteiger partial charge is 0.236 e. The van der Waals surface area contributed by atoms with Gasteiger partial charge in [-0.25, -0.2) is 8.42 Å². The van der Waals surface area contributed by atoms with Crippen LogP contribution in [0.25, 0.3) is 0 Å². The van der Waals surface area contributed by atoms with Crippen molar-refractivity contribution >= 4 is 27.3 Å². The first-order valence-corrected chi connectivity index (χ1v) is 10.8. The third kappa shape index (κ3) is 3.98. The second kappa shape index (κ2) is 6.76. The maximum Gasteiger partial charge on any atom is 0.236 e. The normalized spacial score (nSPS) is 19.7. The minimum absolute atomic E-state index is 0.000833. The van der Waals surface area contributed by atoms with Crippen LogP contribution in [0.15, 0.2) is 18.2 Å². The molecule has 0 unspecified atom stereocenters. The maximum atomic E-state index is 13.1. The second-order valence-corrected chi connectivity index (χ2v) is 10.3. The molecule has 144 valence electrons. The molecule has 1 saturated carbocycles. The van der Waals surface area contributed by atoms with E-state index >= 15 is 0 Å². The number of nitrogens with zero attached hydrogens (tertiary/aromatic N) is 1. The van der Waals surface area contributed by atoms with Crippen molar-refractivity contribution in [2.45, 2.75) is 52.2 Å². The summed E-state index contributed by atoms with van der Waals surface area (Å²) in [6.45, 7) is 8.86. The molecule has 3 rings (SSSR count). The molecular weight excluding hydrogens is 352 g/mol. The van der Waals surface area contributed by atoms with E-state index in [-0.39, 0.29) is 11.2 Å².